The second-order valence-corrected chi connectivity index (χ2v) is 6.95. The summed E-state index contributed by atoms with van der Waals surface area (Å²) in [7, 11) is 0. The van der Waals surface area contributed by atoms with Crippen LogP contribution in [-0.2, 0) is 16.3 Å². The highest BCUT2D eigenvalue weighted by molar-refractivity contribution is 8.09. The average molecular weight is 210 g/mol. The van der Waals surface area contributed by atoms with Crippen LogP contribution in [0.4, 0.5) is 0 Å². The van der Waals surface area contributed by atoms with Crippen LogP contribution in [0.25, 0.3) is 0 Å². The van der Waals surface area contributed by atoms with Gasteiger partial charge in [0.25, 0.3) is 0 Å². The van der Waals surface area contributed by atoms with Gasteiger partial charge in [-0.2, -0.15) is 0 Å². The predicted molar refractivity (Wildman–Crippen MR) is 57.1 cm³/mol. The average Bonchev–Trinajstić information content (AvgIpc) is 1.94. The lowest BCUT2D eigenvalue weighted by Gasteiger charge is -2.09. The van der Waals surface area contributed by atoms with Gasteiger partial charge in [0.15, 0.2) is 6.49 Å². The van der Waals surface area contributed by atoms with Crippen LogP contribution in [0.1, 0.15) is 39.0 Å². The quantitative estimate of drug-likeness (QED) is 0.517. The van der Waals surface area contributed by atoms with E-state index in [0.29, 0.717) is 6.61 Å². The van der Waals surface area contributed by atoms with Gasteiger partial charge in [-0.05, 0) is 18.2 Å². The fourth-order valence-corrected chi connectivity index (χ4v) is 1.63. The molecule has 0 aromatic heterocycles. The van der Waals surface area contributed by atoms with Crippen molar-refractivity contribution in [3.05, 3.63) is 0 Å². The molecule has 0 spiro atoms. The fraction of sp³-hybridized carbons (Fsp3) is 1.00. The van der Waals surface area contributed by atoms with E-state index in [-0.39, 0.29) is 0 Å². The Morgan fingerprint density at radius 2 is 1.83 bits per heavy atom. The van der Waals surface area contributed by atoms with Crippen molar-refractivity contribution < 1.29 is 9.42 Å². The van der Waals surface area contributed by atoms with E-state index >= 15 is 0 Å². The molecule has 1 unspecified atom stereocenters. The first-order valence-corrected chi connectivity index (χ1v) is 7.63. The third kappa shape index (κ3) is 10.6. The van der Waals surface area contributed by atoms with Crippen LogP contribution in [0.5, 0.6) is 0 Å². The molecule has 0 heterocycles. The molecule has 0 rings (SSSR count). The minimum absolute atomic E-state index is 0.619. The van der Waals surface area contributed by atoms with E-state index in [4.69, 9.17) is 21.2 Å². The summed E-state index contributed by atoms with van der Waals surface area (Å²) in [6.45, 7) is 2.01. The third-order valence-corrected chi connectivity index (χ3v) is 2.56. The molecule has 4 heteroatoms. The van der Waals surface area contributed by atoms with Crippen LogP contribution >= 0.6 is 6.49 Å². The maximum atomic E-state index is 9.12. The van der Waals surface area contributed by atoms with Crippen LogP contribution in [0.15, 0.2) is 0 Å². The molecule has 2 nitrogen and oxygen atoms in total. The molecule has 0 amide bonds. The van der Waals surface area contributed by atoms with Crippen LogP contribution < -0.4 is 0 Å². The van der Waals surface area contributed by atoms with Crippen molar-refractivity contribution in [2.45, 2.75) is 39.0 Å². The summed E-state index contributed by atoms with van der Waals surface area (Å²) in [5.74, 6) is 0. The van der Waals surface area contributed by atoms with Gasteiger partial charge in [0, 0.05) is 6.66 Å². The summed E-state index contributed by atoms with van der Waals surface area (Å²) in [5, 5.41) is 0. The van der Waals surface area contributed by atoms with Crippen molar-refractivity contribution >= 4 is 18.3 Å². The van der Waals surface area contributed by atoms with E-state index in [9.17, 15) is 0 Å². The molecule has 0 aliphatic carbocycles. The number of unbranched alkanes of at least 4 members (excludes halogenated alkanes) is 4. The summed E-state index contributed by atoms with van der Waals surface area (Å²) < 4.78 is 5.09. The lowest BCUT2D eigenvalue weighted by Crippen LogP contribution is -1.91. The van der Waals surface area contributed by atoms with Crippen LogP contribution in [-0.4, -0.2) is 18.2 Å². The Morgan fingerprint density at radius 1 is 1.25 bits per heavy atom. The van der Waals surface area contributed by atoms with Crippen molar-refractivity contribution in [1.82, 2.24) is 0 Å². The van der Waals surface area contributed by atoms with Crippen LogP contribution in [0.2, 0.25) is 0 Å². The lowest BCUT2D eigenvalue weighted by molar-refractivity contribution is 0.300. The maximum Gasteiger partial charge on any atom is 0.183 e. The summed E-state index contributed by atoms with van der Waals surface area (Å²) in [5.41, 5.74) is 0. The molecular weight excluding hydrogens is 191 g/mol. The molecule has 0 aliphatic heterocycles. The van der Waals surface area contributed by atoms with E-state index in [0.717, 1.165) is 6.42 Å². The highest BCUT2D eigenvalue weighted by Gasteiger charge is 2.02. The van der Waals surface area contributed by atoms with Crippen molar-refractivity contribution in [2.75, 3.05) is 13.3 Å². The Labute approximate surface area is 80.5 Å². The van der Waals surface area contributed by atoms with Crippen molar-refractivity contribution in [2.24, 2.45) is 0 Å². The zero-order chi connectivity index (χ0) is 9.45. The molecule has 0 aromatic rings. The molecule has 1 N–H and O–H groups in total. The second-order valence-electron chi connectivity index (χ2n) is 3.05. The van der Waals surface area contributed by atoms with Gasteiger partial charge in [0.05, 0.1) is 6.61 Å². The van der Waals surface area contributed by atoms with Gasteiger partial charge in [0.1, 0.15) is 0 Å². The van der Waals surface area contributed by atoms with Gasteiger partial charge >= 0.3 is 0 Å². The number of hydrogen-bond donors (Lipinski definition) is 1. The molecule has 0 aliphatic rings. The Bertz CT molecular complexity index is 144. The smallest absolute Gasteiger partial charge is 0.183 e. The molecule has 0 saturated carbocycles. The molecule has 0 radical (unpaired) electrons. The number of rotatable bonds is 7. The topological polar surface area (TPSA) is 29.5 Å². The first-order valence-electron chi connectivity index (χ1n) is 4.51. The largest absolute Gasteiger partial charge is 0.345 e. The van der Waals surface area contributed by atoms with Gasteiger partial charge in [-0.25, -0.2) is 0 Å². The molecule has 1 atom stereocenters. The first kappa shape index (κ1) is 12.6. The highest BCUT2D eigenvalue weighted by atomic mass is 32.5. The Hall–Kier alpha value is 0.570. The maximum absolute atomic E-state index is 9.12. The van der Waals surface area contributed by atoms with Gasteiger partial charge in [0.2, 0.25) is 0 Å². The predicted octanol–water partition coefficient (Wildman–Crippen LogP) is 2.91. The molecule has 74 valence electrons. The standard InChI is InChI=1S/C8H19O2PS/c1-3-4-5-6-7-8-10-11(2,9)12/h3-8H2,1-2H3,(H,9,12). The summed E-state index contributed by atoms with van der Waals surface area (Å²) in [6, 6.07) is 0. The monoisotopic (exact) mass is 210 g/mol. The van der Waals surface area contributed by atoms with Gasteiger partial charge in [-0.1, -0.05) is 32.6 Å². The van der Waals surface area contributed by atoms with E-state index in [1.807, 2.05) is 0 Å². The zero-order valence-corrected chi connectivity index (χ0v) is 9.66. The minimum Gasteiger partial charge on any atom is -0.345 e. The van der Waals surface area contributed by atoms with Gasteiger partial charge in [-0.15, -0.1) is 0 Å². The normalized spacial score (nSPS) is 15.9. The van der Waals surface area contributed by atoms with Crippen molar-refractivity contribution in [3.63, 3.8) is 0 Å². The van der Waals surface area contributed by atoms with Gasteiger partial charge < -0.3 is 9.42 Å². The lowest BCUT2D eigenvalue weighted by atomic mass is 10.2. The highest BCUT2D eigenvalue weighted by Crippen LogP contribution is 2.37. The van der Waals surface area contributed by atoms with E-state index in [2.05, 4.69) is 6.92 Å². The molecule has 0 fully saturated rings. The summed E-state index contributed by atoms with van der Waals surface area (Å²) in [6.07, 6.45) is 6.01. The Morgan fingerprint density at radius 3 is 2.33 bits per heavy atom. The fourth-order valence-electron chi connectivity index (χ4n) is 0.940. The van der Waals surface area contributed by atoms with Crippen molar-refractivity contribution in [1.29, 1.82) is 0 Å². The van der Waals surface area contributed by atoms with Gasteiger partial charge in [-0.3, -0.25) is 0 Å². The minimum atomic E-state index is -2.39. The Kier molecular flexibility index (Phi) is 7.35. The molecule has 0 saturated heterocycles. The van der Waals surface area contributed by atoms with Crippen LogP contribution in [0.3, 0.4) is 0 Å². The molecular formula is C8H19O2PS. The second kappa shape index (κ2) is 7.02. The molecule has 12 heavy (non-hydrogen) atoms. The summed E-state index contributed by atoms with van der Waals surface area (Å²) >= 11 is 4.73. The zero-order valence-electron chi connectivity index (χ0n) is 7.95. The van der Waals surface area contributed by atoms with Crippen molar-refractivity contribution in [3.8, 4) is 0 Å². The van der Waals surface area contributed by atoms with E-state index in [1.54, 1.807) is 6.66 Å². The first-order chi connectivity index (χ1) is 5.56. The Balaban J connectivity index is 3.06. The molecule has 0 aromatic carbocycles. The molecule has 0 bridgehead atoms. The number of hydrogen-bond acceptors (Lipinski definition) is 2. The third-order valence-electron chi connectivity index (χ3n) is 1.58. The van der Waals surface area contributed by atoms with E-state index in [1.165, 1.54) is 25.7 Å². The SMILES string of the molecule is CCCCCCCOP(C)(O)=S. The van der Waals surface area contributed by atoms with Crippen LogP contribution in [0, 0.1) is 0 Å². The van der Waals surface area contributed by atoms with E-state index < -0.39 is 6.49 Å². The summed E-state index contributed by atoms with van der Waals surface area (Å²) in [4.78, 5) is 9.12.